The molecule has 28 heavy (non-hydrogen) atoms. The van der Waals surface area contributed by atoms with Gasteiger partial charge in [0.05, 0.1) is 17.2 Å². The maximum Gasteiger partial charge on any atom is 0.253 e. The van der Waals surface area contributed by atoms with Crippen LogP contribution < -0.4 is 15.5 Å². The van der Waals surface area contributed by atoms with Crippen molar-refractivity contribution in [2.45, 2.75) is 33.2 Å². The fourth-order valence-corrected chi connectivity index (χ4v) is 3.22. The zero-order chi connectivity index (χ0) is 20.3. The van der Waals surface area contributed by atoms with E-state index in [2.05, 4.69) is 10.6 Å². The number of hydrogen-bond acceptors (Lipinski definition) is 3. The number of hydrogen-bond donors (Lipinski definition) is 2. The van der Waals surface area contributed by atoms with Crippen LogP contribution in [0.15, 0.2) is 48.5 Å². The molecule has 0 saturated carbocycles. The Kier molecular flexibility index (Phi) is 5.78. The molecule has 1 aliphatic heterocycles. The third-order valence-electron chi connectivity index (χ3n) is 4.69. The number of para-hydroxylation sites is 1. The summed E-state index contributed by atoms with van der Waals surface area (Å²) in [5.74, 6) is -1.03. The second-order valence-electron chi connectivity index (χ2n) is 7.40. The van der Waals surface area contributed by atoms with E-state index in [-0.39, 0.29) is 30.2 Å². The van der Waals surface area contributed by atoms with Crippen LogP contribution in [0.5, 0.6) is 0 Å². The highest BCUT2D eigenvalue weighted by atomic mass is 16.2. The van der Waals surface area contributed by atoms with E-state index in [0.717, 1.165) is 11.3 Å². The summed E-state index contributed by atoms with van der Waals surface area (Å²) in [6.45, 7) is 6.07. The molecule has 1 fully saturated rings. The van der Waals surface area contributed by atoms with Crippen LogP contribution >= 0.6 is 0 Å². The SMILES string of the molecule is Cc1ccc(N2CC(C(=O)Nc3ccccc3C(=O)NC(C)C)CC2=O)cc1. The van der Waals surface area contributed by atoms with Gasteiger partial charge in [0.2, 0.25) is 11.8 Å². The van der Waals surface area contributed by atoms with E-state index in [4.69, 9.17) is 0 Å². The van der Waals surface area contributed by atoms with E-state index in [1.807, 2.05) is 45.0 Å². The average molecular weight is 379 g/mol. The van der Waals surface area contributed by atoms with Gasteiger partial charge in [0.25, 0.3) is 5.91 Å². The Labute approximate surface area is 164 Å². The van der Waals surface area contributed by atoms with Gasteiger partial charge in [-0.15, -0.1) is 0 Å². The van der Waals surface area contributed by atoms with E-state index < -0.39 is 5.92 Å². The molecule has 6 nitrogen and oxygen atoms in total. The van der Waals surface area contributed by atoms with Crippen molar-refractivity contribution in [3.63, 3.8) is 0 Å². The fourth-order valence-electron chi connectivity index (χ4n) is 3.22. The predicted octanol–water partition coefficient (Wildman–Crippen LogP) is 3.12. The van der Waals surface area contributed by atoms with Gasteiger partial charge in [-0.3, -0.25) is 14.4 Å². The maximum absolute atomic E-state index is 12.8. The Hall–Kier alpha value is -3.15. The molecular weight excluding hydrogens is 354 g/mol. The average Bonchev–Trinajstić information content (AvgIpc) is 3.04. The maximum atomic E-state index is 12.8. The molecule has 6 heteroatoms. The largest absolute Gasteiger partial charge is 0.350 e. The minimum Gasteiger partial charge on any atom is -0.350 e. The summed E-state index contributed by atoms with van der Waals surface area (Å²) < 4.78 is 0. The zero-order valence-corrected chi connectivity index (χ0v) is 16.4. The number of anilines is 2. The molecule has 0 aromatic heterocycles. The molecule has 146 valence electrons. The van der Waals surface area contributed by atoms with Crippen molar-refractivity contribution in [2.75, 3.05) is 16.8 Å². The number of aryl methyl sites for hydroxylation is 1. The van der Waals surface area contributed by atoms with Crippen LogP contribution in [0.1, 0.15) is 36.2 Å². The lowest BCUT2D eigenvalue weighted by Crippen LogP contribution is -2.32. The summed E-state index contributed by atoms with van der Waals surface area (Å²) in [6, 6.07) is 14.5. The molecule has 1 atom stereocenters. The number of amides is 3. The molecule has 0 spiro atoms. The number of rotatable bonds is 5. The van der Waals surface area contributed by atoms with Gasteiger partial charge >= 0.3 is 0 Å². The Morgan fingerprint density at radius 3 is 2.43 bits per heavy atom. The van der Waals surface area contributed by atoms with Crippen LogP contribution in [0.4, 0.5) is 11.4 Å². The van der Waals surface area contributed by atoms with Crippen LogP contribution in [0.2, 0.25) is 0 Å². The van der Waals surface area contributed by atoms with Gasteiger partial charge in [-0.2, -0.15) is 0 Å². The minimum atomic E-state index is -0.463. The van der Waals surface area contributed by atoms with Crippen molar-refractivity contribution in [1.82, 2.24) is 5.32 Å². The molecule has 1 heterocycles. The molecule has 0 bridgehead atoms. The first-order valence-electron chi connectivity index (χ1n) is 9.43. The standard InChI is InChI=1S/C22H25N3O3/c1-14(2)23-22(28)18-6-4-5-7-19(18)24-21(27)16-12-20(26)25(13-16)17-10-8-15(3)9-11-17/h4-11,14,16H,12-13H2,1-3H3,(H,23,28)(H,24,27). The molecule has 1 aliphatic rings. The highest BCUT2D eigenvalue weighted by molar-refractivity contribution is 6.07. The third kappa shape index (κ3) is 4.39. The van der Waals surface area contributed by atoms with E-state index in [1.54, 1.807) is 29.2 Å². The summed E-state index contributed by atoms with van der Waals surface area (Å²) in [4.78, 5) is 39.2. The summed E-state index contributed by atoms with van der Waals surface area (Å²) in [7, 11) is 0. The van der Waals surface area contributed by atoms with Crippen molar-refractivity contribution >= 4 is 29.1 Å². The molecule has 1 saturated heterocycles. The normalized spacial score (nSPS) is 16.4. The van der Waals surface area contributed by atoms with E-state index >= 15 is 0 Å². The molecule has 2 N–H and O–H groups in total. The number of carbonyl (C=O) groups is 3. The van der Waals surface area contributed by atoms with E-state index in [0.29, 0.717) is 17.8 Å². The number of nitrogens with one attached hydrogen (secondary N) is 2. The highest BCUT2D eigenvalue weighted by Crippen LogP contribution is 2.27. The summed E-state index contributed by atoms with van der Waals surface area (Å²) in [5, 5.41) is 5.66. The second-order valence-corrected chi connectivity index (χ2v) is 7.40. The lowest BCUT2D eigenvalue weighted by atomic mass is 10.1. The molecule has 0 aliphatic carbocycles. The van der Waals surface area contributed by atoms with Gasteiger partial charge < -0.3 is 15.5 Å². The van der Waals surface area contributed by atoms with Crippen LogP contribution in [0.25, 0.3) is 0 Å². The molecule has 1 unspecified atom stereocenters. The predicted molar refractivity (Wildman–Crippen MR) is 109 cm³/mol. The van der Waals surface area contributed by atoms with Gasteiger partial charge in [0.15, 0.2) is 0 Å². The fraction of sp³-hybridized carbons (Fsp3) is 0.318. The molecule has 0 radical (unpaired) electrons. The molecular formula is C22H25N3O3. The zero-order valence-electron chi connectivity index (χ0n) is 16.4. The monoisotopic (exact) mass is 379 g/mol. The number of carbonyl (C=O) groups excluding carboxylic acids is 3. The second kappa shape index (κ2) is 8.25. The topological polar surface area (TPSA) is 78.5 Å². The Morgan fingerprint density at radius 1 is 1.07 bits per heavy atom. The van der Waals surface area contributed by atoms with Crippen molar-refractivity contribution < 1.29 is 14.4 Å². The van der Waals surface area contributed by atoms with Gasteiger partial charge in [-0.05, 0) is 45.0 Å². The first-order chi connectivity index (χ1) is 13.3. The highest BCUT2D eigenvalue weighted by Gasteiger charge is 2.35. The quantitative estimate of drug-likeness (QED) is 0.838. The molecule has 3 rings (SSSR count). The van der Waals surface area contributed by atoms with E-state index in [1.165, 1.54) is 0 Å². The molecule has 2 aromatic rings. The lowest BCUT2D eigenvalue weighted by molar-refractivity contribution is -0.122. The van der Waals surface area contributed by atoms with Crippen molar-refractivity contribution in [1.29, 1.82) is 0 Å². The lowest BCUT2D eigenvalue weighted by Gasteiger charge is -2.17. The first-order valence-corrected chi connectivity index (χ1v) is 9.43. The van der Waals surface area contributed by atoms with Crippen molar-refractivity contribution in [3.05, 3.63) is 59.7 Å². The Morgan fingerprint density at radius 2 is 1.75 bits per heavy atom. The van der Waals surface area contributed by atoms with Crippen molar-refractivity contribution in [2.24, 2.45) is 5.92 Å². The van der Waals surface area contributed by atoms with Crippen molar-refractivity contribution in [3.8, 4) is 0 Å². The first kappa shape index (κ1) is 19.6. The Balaban J connectivity index is 1.71. The smallest absolute Gasteiger partial charge is 0.253 e. The van der Waals surface area contributed by atoms with Crippen LogP contribution in [0.3, 0.4) is 0 Å². The minimum absolute atomic E-state index is 0.00761. The molecule has 2 aromatic carbocycles. The summed E-state index contributed by atoms with van der Waals surface area (Å²) in [5.41, 5.74) is 2.76. The van der Waals surface area contributed by atoms with Crippen LogP contribution in [0, 0.1) is 12.8 Å². The van der Waals surface area contributed by atoms with Gasteiger partial charge in [-0.25, -0.2) is 0 Å². The Bertz CT molecular complexity index is 890. The van der Waals surface area contributed by atoms with Gasteiger partial charge in [0, 0.05) is 24.7 Å². The van der Waals surface area contributed by atoms with Crippen LogP contribution in [-0.4, -0.2) is 30.3 Å². The third-order valence-corrected chi connectivity index (χ3v) is 4.69. The summed E-state index contributed by atoms with van der Waals surface area (Å²) >= 11 is 0. The number of nitrogens with zero attached hydrogens (tertiary/aromatic N) is 1. The summed E-state index contributed by atoms with van der Waals surface area (Å²) in [6.07, 6.45) is 0.153. The van der Waals surface area contributed by atoms with Gasteiger partial charge in [-0.1, -0.05) is 29.8 Å². The van der Waals surface area contributed by atoms with Crippen LogP contribution in [-0.2, 0) is 9.59 Å². The molecule has 3 amide bonds. The number of benzene rings is 2. The van der Waals surface area contributed by atoms with E-state index in [9.17, 15) is 14.4 Å². The van der Waals surface area contributed by atoms with Gasteiger partial charge in [0.1, 0.15) is 0 Å².